The van der Waals surface area contributed by atoms with E-state index in [1.54, 1.807) is 10.9 Å². The van der Waals surface area contributed by atoms with Crippen molar-refractivity contribution in [2.24, 2.45) is 0 Å². The van der Waals surface area contributed by atoms with Crippen molar-refractivity contribution in [3.63, 3.8) is 0 Å². The molecule has 1 aromatic heterocycles. The minimum absolute atomic E-state index is 0.260. The van der Waals surface area contributed by atoms with Gasteiger partial charge in [-0.15, -0.1) is 0 Å². The quantitative estimate of drug-likeness (QED) is 0.604. The number of carbonyl (C=O) groups excluding carboxylic acids is 1. The molecule has 1 N–H and O–H groups in total. The Morgan fingerprint density at radius 3 is 2.31 bits per heavy atom. The van der Waals surface area contributed by atoms with Gasteiger partial charge in [0, 0.05) is 13.1 Å². The van der Waals surface area contributed by atoms with Gasteiger partial charge >= 0.3 is 0 Å². The monoisotopic (exact) mass is 392 g/mol. The zero-order chi connectivity index (χ0) is 20.6. The van der Waals surface area contributed by atoms with E-state index in [0.717, 1.165) is 30.9 Å². The fourth-order valence-electron chi connectivity index (χ4n) is 3.11. The van der Waals surface area contributed by atoms with Crippen molar-refractivity contribution in [2.45, 2.75) is 26.9 Å². The molecule has 0 aliphatic carbocycles. The van der Waals surface area contributed by atoms with Crippen LogP contribution >= 0.6 is 0 Å². The van der Waals surface area contributed by atoms with Gasteiger partial charge in [-0.2, -0.15) is 5.10 Å². The number of ether oxygens (including phenoxy) is 1. The molecule has 0 aliphatic rings. The average molecular weight is 393 g/mol. The van der Waals surface area contributed by atoms with E-state index in [4.69, 9.17) is 4.74 Å². The predicted molar refractivity (Wildman–Crippen MR) is 114 cm³/mol. The summed E-state index contributed by atoms with van der Waals surface area (Å²) in [6.45, 7) is 7.78. The first-order valence-electron chi connectivity index (χ1n) is 9.92. The van der Waals surface area contributed by atoms with Gasteiger partial charge in [-0.25, -0.2) is 4.68 Å². The molecule has 0 bridgehead atoms. The summed E-state index contributed by atoms with van der Waals surface area (Å²) in [4.78, 5) is 15.0. The second-order valence-electron chi connectivity index (χ2n) is 6.79. The highest BCUT2D eigenvalue weighted by molar-refractivity contribution is 5.94. The number of hydrogen-bond donors (Lipinski definition) is 1. The maximum atomic E-state index is 12.7. The molecule has 1 heterocycles. The Hall–Kier alpha value is -3.12. The summed E-state index contributed by atoms with van der Waals surface area (Å²) in [7, 11) is 1.54. The van der Waals surface area contributed by atoms with Gasteiger partial charge in [0.05, 0.1) is 19.0 Å². The van der Waals surface area contributed by atoms with Crippen molar-refractivity contribution in [3.05, 3.63) is 77.6 Å². The average Bonchev–Trinajstić information content (AvgIpc) is 3.22. The summed E-state index contributed by atoms with van der Waals surface area (Å²) in [5.74, 6) is 0.185. The van der Waals surface area contributed by atoms with Crippen molar-refractivity contribution in [1.82, 2.24) is 20.0 Å². The lowest BCUT2D eigenvalue weighted by molar-refractivity contribution is 0.0942. The highest BCUT2D eigenvalue weighted by Gasteiger charge is 2.18. The first-order valence-corrected chi connectivity index (χ1v) is 9.92. The summed E-state index contributed by atoms with van der Waals surface area (Å²) >= 11 is 0. The molecule has 0 aliphatic heterocycles. The third kappa shape index (κ3) is 5.23. The summed E-state index contributed by atoms with van der Waals surface area (Å²) in [5, 5.41) is 7.34. The molecule has 3 aromatic rings. The van der Waals surface area contributed by atoms with Gasteiger partial charge in [0.2, 0.25) is 0 Å². The summed E-state index contributed by atoms with van der Waals surface area (Å²) in [6.07, 6.45) is 1.71. The SMILES string of the molecule is CCN(CC)Cc1ccc(CNC(=O)c2nn(-c3ccccc3)cc2OC)cc1. The number of benzene rings is 2. The van der Waals surface area contributed by atoms with E-state index in [-0.39, 0.29) is 11.6 Å². The van der Waals surface area contributed by atoms with Gasteiger partial charge < -0.3 is 10.1 Å². The topological polar surface area (TPSA) is 59.4 Å². The minimum Gasteiger partial charge on any atom is -0.493 e. The van der Waals surface area contributed by atoms with E-state index in [1.807, 2.05) is 30.3 Å². The van der Waals surface area contributed by atoms with Crippen LogP contribution in [0.15, 0.2) is 60.8 Å². The van der Waals surface area contributed by atoms with Gasteiger partial charge in [0.15, 0.2) is 11.4 Å². The number of aromatic nitrogens is 2. The van der Waals surface area contributed by atoms with Crippen molar-refractivity contribution < 1.29 is 9.53 Å². The molecule has 0 saturated heterocycles. The number of para-hydroxylation sites is 1. The molecule has 152 valence electrons. The summed E-state index contributed by atoms with van der Waals surface area (Å²) in [5.41, 5.74) is 3.46. The molecule has 0 saturated carbocycles. The van der Waals surface area contributed by atoms with Crippen LogP contribution in [0.2, 0.25) is 0 Å². The Morgan fingerprint density at radius 2 is 1.69 bits per heavy atom. The molecule has 6 nitrogen and oxygen atoms in total. The van der Waals surface area contributed by atoms with Crippen LogP contribution in [0.4, 0.5) is 0 Å². The van der Waals surface area contributed by atoms with Crippen LogP contribution in [0.1, 0.15) is 35.5 Å². The second kappa shape index (κ2) is 9.89. The van der Waals surface area contributed by atoms with Crippen molar-refractivity contribution >= 4 is 5.91 Å². The van der Waals surface area contributed by atoms with Crippen LogP contribution in [0.3, 0.4) is 0 Å². The van der Waals surface area contributed by atoms with Crippen molar-refractivity contribution in [2.75, 3.05) is 20.2 Å². The largest absolute Gasteiger partial charge is 0.493 e. The number of methoxy groups -OCH3 is 1. The Kier molecular flexibility index (Phi) is 7.03. The van der Waals surface area contributed by atoms with Gasteiger partial charge in [0.25, 0.3) is 5.91 Å². The third-order valence-corrected chi connectivity index (χ3v) is 4.91. The predicted octanol–water partition coefficient (Wildman–Crippen LogP) is 3.65. The molecule has 29 heavy (non-hydrogen) atoms. The lowest BCUT2D eigenvalue weighted by atomic mass is 10.1. The molecule has 0 atom stereocenters. The van der Waals surface area contributed by atoms with Crippen LogP contribution in [0.5, 0.6) is 5.75 Å². The molecular formula is C23H28N4O2. The van der Waals surface area contributed by atoms with E-state index >= 15 is 0 Å². The Bertz CT molecular complexity index is 916. The number of nitrogens with zero attached hydrogens (tertiary/aromatic N) is 3. The molecule has 0 radical (unpaired) electrons. The normalized spacial score (nSPS) is 10.9. The zero-order valence-corrected chi connectivity index (χ0v) is 17.3. The first kappa shape index (κ1) is 20.6. The van der Waals surface area contributed by atoms with E-state index in [2.05, 4.69) is 53.4 Å². The number of nitrogens with one attached hydrogen (secondary N) is 1. The lowest BCUT2D eigenvalue weighted by Gasteiger charge is -2.18. The highest BCUT2D eigenvalue weighted by atomic mass is 16.5. The van der Waals surface area contributed by atoms with Gasteiger partial charge in [-0.3, -0.25) is 9.69 Å². The van der Waals surface area contributed by atoms with Gasteiger partial charge in [-0.05, 0) is 36.3 Å². The molecular weight excluding hydrogens is 364 g/mol. The van der Waals surface area contributed by atoms with E-state index in [1.165, 1.54) is 12.7 Å². The maximum absolute atomic E-state index is 12.7. The van der Waals surface area contributed by atoms with Crippen LogP contribution in [-0.4, -0.2) is 40.8 Å². The molecule has 0 unspecified atom stereocenters. The Labute approximate surface area is 172 Å². The minimum atomic E-state index is -0.260. The Balaban J connectivity index is 1.64. The standard InChI is InChI=1S/C23H28N4O2/c1-4-26(5-2)16-19-13-11-18(12-14-19)15-24-23(28)22-21(29-3)17-27(25-22)20-9-7-6-8-10-20/h6-14,17H,4-5,15-16H2,1-3H3,(H,24,28). The first-order chi connectivity index (χ1) is 14.1. The van der Waals surface area contributed by atoms with E-state index in [9.17, 15) is 4.79 Å². The maximum Gasteiger partial charge on any atom is 0.275 e. The number of carbonyl (C=O) groups is 1. The smallest absolute Gasteiger partial charge is 0.275 e. The fraction of sp³-hybridized carbons (Fsp3) is 0.304. The van der Waals surface area contributed by atoms with Gasteiger partial charge in [0.1, 0.15) is 0 Å². The summed E-state index contributed by atoms with van der Waals surface area (Å²) in [6, 6.07) is 18.0. The number of rotatable bonds is 9. The van der Waals surface area contributed by atoms with Crippen LogP contribution in [0, 0.1) is 0 Å². The molecule has 1 amide bonds. The van der Waals surface area contributed by atoms with E-state index < -0.39 is 0 Å². The molecule has 3 rings (SSSR count). The molecule has 0 fully saturated rings. The summed E-state index contributed by atoms with van der Waals surface area (Å²) < 4.78 is 6.99. The third-order valence-electron chi connectivity index (χ3n) is 4.91. The van der Waals surface area contributed by atoms with Crippen LogP contribution in [0.25, 0.3) is 5.69 Å². The Morgan fingerprint density at radius 1 is 1.03 bits per heavy atom. The fourth-order valence-corrected chi connectivity index (χ4v) is 3.11. The molecule has 2 aromatic carbocycles. The molecule has 6 heteroatoms. The van der Waals surface area contributed by atoms with Gasteiger partial charge in [-0.1, -0.05) is 56.3 Å². The van der Waals surface area contributed by atoms with Crippen LogP contribution in [-0.2, 0) is 13.1 Å². The highest BCUT2D eigenvalue weighted by Crippen LogP contribution is 2.19. The lowest BCUT2D eigenvalue weighted by Crippen LogP contribution is -2.24. The number of hydrogen-bond acceptors (Lipinski definition) is 4. The zero-order valence-electron chi connectivity index (χ0n) is 17.3. The number of amides is 1. The molecule has 0 spiro atoms. The van der Waals surface area contributed by atoms with E-state index in [0.29, 0.717) is 12.3 Å². The van der Waals surface area contributed by atoms with Crippen LogP contribution < -0.4 is 10.1 Å². The van der Waals surface area contributed by atoms with Crippen molar-refractivity contribution in [1.29, 1.82) is 0 Å². The van der Waals surface area contributed by atoms with Crippen molar-refractivity contribution in [3.8, 4) is 11.4 Å². The second-order valence-corrected chi connectivity index (χ2v) is 6.79.